The molecule has 0 bridgehead atoms. The van der Waals surface area contributed by atoms with Gasteiger partial charge in [0.1, 0.15) is 6.04 Å². The van der Waals surface area contributed by atoms with Crippen molar-refractivity contribution >= 4 is 29.3 Å². The summed E-state index contributed by atoms with van der Waals surface area (Å²) in [7, 11) is 0. The first-order valence-corrected chi connectivity index (χ1v) is 8.66. The number of aryl methyl sites for hydroxylation is 1. The number of carbonyl (C=O) groups is 4. The van der Waals surface area contributed by atoms with Gasteiger partial charge in [-0.1, -0.05) is 0 Å². The summed E-state index contributed by atoms with van der Waals surface area (Å²) in [4.78, 5) is 52.2. The average molecular weight is 357 g/mol. The number of fused-ring (bicyclic) bond motifs is 1. The summed E-state index contributed by atoms with van der Waals surface area (Å²) >= 11 is 0. The van der Waals surface area contributed by atoms with Gasteiger partial charge in [0.2, 0.25) is 11.8 Å². The van der Waals surface area contributed by atoms with E-state index >= 15 is 0 Å². The van der Waals surface area contributed by atoms with Crippen LogP contribution >= 0.6 is 0 Å². The lowest BCUT2D eigenvalue weighted by molar-refractivity contribution is -0.136. The van der Waals surface area contributed by atoms with E-state index in [1.807, 2.05) is 6.92 Å². The van der Waals surface area contributed by atoms with Crippen LogP contribution in [0.5, 0.6) is 0 Å². The van der Waals surface area contributed by atoms with Crippen molar-refractivity contribution in [2.24, 2.45) is 0 Å². The van der Waals surface area contributed by atoms with Crippen LogP contribution in [0.2, 0.25) is 0 Å². The second-order valence-corrected chi connectivity index (χ2v) is 6.73. The van der Waals surface area contributed by atoms with Crippen LogP contribution < -0.4 is 10.2 Å². The fraction of sp³-hybridized carbons (Fsp3) is 0.444. The van der Waals surface area contributed by atoms with Gasteiger partial charge in [0.25, 0.3) is 11.8 Å². The number of ether oxygens (including phenoxy) is 1. The summed E-state index contributed by atoms with van der Waals surface area (Å²) in [6.07, 6.45) is 0.271. The number of carbonyl (C=O) groups excluding carboxylic acids is 4. The Labute approximate surface area is 150 Å². The number of anilines is 1. The third-order valence-electron chi connectivity index (χ3n) is 5.11. The van der Waals surface area contributed by atoms with E-state index in [-0.39, 0.29) is 18.7 Å². The van der Waals surface area contributed by atoms with Crippen molar-refractivity contribution in [3.63, 3.8) is 0 Å². The summed E-state index contributed by atoms with van der Waals surface area (Å²) in [5.74, 6) is -1.93. The van der Waals surface area contributed by atoms with Crippen molar-refractivity contribution in [1.82, 2.24) is 10.2 Å². The van der Waals surface area contributed by atoms with E-state index in [1.165, 1.54) is 0 Å². The van der Waals surface area contributed by atoms with Crippen LogP contribution in [0.3, 0.4) is 0 Å². The van der Waals surface area contributed by atoms with Crippen molar-refractivity contribution < 1.29 is 23.9 Å². The van der Waals surface area contributed by atoms with Gasteiger partial charge >= 0.3 is 0 Å². The Kier molecular flexibility index (Phi) is 3.99. The fourth-order valence-corrected chi connectivity index (χ4v) is 3.76. The van der Waals surface area contributed by atoms with Crippen molar-refractivity contribution in [3.8, 4) is 0 Å². The SMILES string of the molecule is Cc1cc2c(cc1N1CCOCC1)C(=O)N(C1CCC(=O)NC1=O)C2=O. The average Bonchev–Trinajstić information content (AvgIpc) is 2.86. The van der Waals surface area contributed by atoms with E-state index < -0.39 is 23.8 Å². The number of imide groups is 2. The van der Waals surface area contributed by atoms with Crippen molar-refractivity contribution in [2.45, 2.75) is 25.8 Å². The zero-order valence-corrected chi connectivity index (χ0v) is 14.4. The van der Waals surface area contributed by atoms with Crippen LogP contribution in [0.1, 0.15) is 39.1 Å². The van der Waals surface area contributed by atoms with Gasteiger partial charge in [-0.3, -0.25) is 29.4 Å². The quantitative estimate of drug-likeness (QED) is 0.762. The minimum Gasteiger partial charge on any atom is -0.378 e. The number of rotatable bonds is 2. The molecule has 26 heavy (non-hydrogen) atoms. The highest BCUT2D eigenvalue weighted by molar-refractivity contribution is 6.24. The second kappa shape index (κ2) is 6.21. The first kappa shape index (κ1) is 16.7. The number of hydrogen-bond donors (Lipinski definition) is 1. The largest absolute Gasteiger partial charge is 0.378 e. The maximum atomic E-state index is 12.9. The summed E-state index contributed by atoms with van der Waals surface area (Å²) in [6.45, 7) is 4.58. The number of hydrogen-bond acceptors (Lipinski definition) is 6. The molecule has 1 aromatic carbocycles. The lowest BCUT2D eigenvalue weighted by atomic mass is 10.0. The van der Waals surface area contributed by atoms with Gasteiger partial charge in [0.15, 0.2) is 0 Å². The van der Waals surface area contributed by atoms with E-state index in [0.29, 0.717) is 24.3 Å². The molecule has 0 radical (unpaired) electrons. The molecule has 4 rings (SSSR count). The predicted molar refractivity (Wildman–Crippen MR) is 90.9 cm³/mol. The Balaban J connectivity index is 1.68. The molecule has 8 heteroatoms. The van der Waals surface area contributed by atoms with E-state index in [2.05, 4.69) is 10.2 Å². The predicted octanol–water partition coefficient (Wildman–Crippen LogP) is 0.233. The maximum Gasteiger partial charge on any atom is 0.262 e. The molecular formula is C18H19N3O5. The number of nitrogens with one attached hydrogen (secondary N) is 1. The molecule has 1 aromatic rings. The van der Waals surface area contributed by atoms with Gasteiger partial charge in [-0.2, -0.15) is 0 Å². The van der Waals surface area contributed by atoms with Gasteiger partial charge in [-0.25, -0.2) is 0 Å². The van der Waals surface area contributed by atoms with Crippen molar-refractivity contribution in [2.75, 3.05) is 31.2 Å². The molecule has 8 nitrogen and oxygen atoms in total. The Bertz CT molecular complexity index is 828. The number of nitrogens with zero attached hydrogens (tertiary/aromatic N) is 2. The molecule has 0 saturated carbocycles. The highest BCUT2D eigenvalue weighted by Crippen LogP contribution is 2.33. The molecule has 136 valence electrons. The van der Waals surface area contributed by atoms with Crippen molar-refractivity contribution in [1.29, 1.82) is 0 Å². The molecule has 1 N–H and O–H groups in total. The Hall–Kier alpha value is -2.74. The third-order valence-corrected chi connectivity index (χ3v) is 5.11. The van der Waals surface area contributed by atoms with Gasteiger partial charge < -0.3 is 9.64 Å². The Morgan fingerprint density at radius 1 is 1.04 bits per heavy atom. The van der Waals surface area contributed by atoms with E-state index in [1.54, 1.807) is 12.1 Å². The maximum absolute atomic E-state index is 12.9. The zero-order chi connectivity index (χ0) is 18.4. The number of benzene rings is 1. The topological polar surface area (TPSA) is 96.0 Å². The van der Waals surface area contributed by atoms with Crippen LogP contribution in [-0.4, -0.2) is 60.9 Å². The molecule has 0 aromatic heterocycles. The molecular weight excluding hydrogens is 338 g/mol. The van der Waals surface area contributed by atoms with Crippen LogP contribution in [-0.2, 0) is 14.3 Å². The van der Waals surface area contributed by atoms with Crippen LogP contribution in [0, 0.1) is 6.92 Å². The molecule has 0 aliphatic carbocycles. The third kappa shape index (κ3) is 2.57. The minimum absolute atomic E-state index is 0.113. The number of piperidine rings is 1. The molecule has 3 aliphatic heterocycles. The van der Waals surface area contributed by atoms with E-state index in [4.69, 9.17) is 4.74 Å². The van der Waals surface area contributed by atoms with E-state index in [9.17, 15) is 19.2 Å². The molecule has 3 aliphatic rings. The van der Waals surface area contributed by atoms with Crippen LogP contribution in [0.15, 0.2) is 12.1 Å². The second-order valence-electron chi connectivity index (χ2n) is 6.73. The summed E-state index contributed by atoms with van der Waals surface area (Å²) < 4.78 is 5.37. The summed E-state index contributed by atoms with van der Waals surface area (Å²) in [5, 5.41) is 2.20. The number of morpholine rings is 1. The highest BCUT2D eigenvalue weighted by Gasteiger charge is 2.45. The van der Waals surface area contributed by atoms with Gasteiger partial charge in [-0.15, -0.1) is 0 Å². The standard InChI is InChI=1S/C18H19N3O5/c1-10-8-11-12(9-14(10)20-4-6-26-7-5-20)18(25)21(17(11)24)13-2-3-15(22)19-16(13)23/h8-9,13H,2-7H2,1H3,(H,19,22,23). The Morgan fingerprint density at radius 2 is 1.69 bits per heavy atom. The smallest absolute Gasteiger partial charge is 0.262 e. The fourth-order valence-electron chi connectivity index (χ4n) is 3.76. The first-order valence-electron chi connectivity index (χ1n) is 8.66. The lowest BCUT2D eigenvalue weighted by Crippen LogP contribution is -2.54. The Morgan fingerprint density at radius 3 is 2.35 bits per heavy atom. The molecule has 2 fully saturated rings. The van der Waals surface area contributed by atoms with Crippen LogP contribution in [0.4, 0.5) is 5.69 Å². The van der Waals surface area contributed by atoms with Crippen LogP contribution in [0.25, 0.3) is 0 Å². The van der Waals surface area contributed by atoms with E-state index in [0.717, 1.165) is 29.2 Å². The summed E-state index contributed by atoms with van der Waals surface area (Å²) in [6, 6.07) is 2.51. The van der Waals surface area contributed by atoms with Gasteiger partial charge in [0, 0.05) is 25.2 Å². The lowest BCUT2D eigenvalue weighted by Gasteiger charge is -2.30. The van der Waals surface area contributed by atoms with Gasteiger partial charge in [0.05, 0.1) is 24.3 Å². The molecule has 4 amide bonds. The number of amides is 4. The molecule has 1 unspecified atom stereocenters. The highest BCUT2D eigenvalue weighted by atomic mass is 16.5. The molecule has 1 atom stereocenters. The molecule has 0 spiro atoms. The normalized spacial score (nSPS) is 23.3. The first-order chi connectivity index (χ1) is 12.5. The zero-order valence-electron chi connectivity index (χ0n) is 14.4. The molecule has 2 saturated heterocycles. The molecule has 3 heterocycles. The summed E-state index contributed by atoms with van der Waals surface area (Å²) in [5.41, 5.74) is 2.43. The monoisotopic (exact) mass is 357 g/mol. The van der Waals surface area contributed by atoms with Gasteiger partial charge in [-0.05, 0) is 31.0 Å². The van der Waals surface area contributed by atoms with Crippen molar-refractivity contribution in [3.05, 3.63) is 28.8 Å². The minimum atomic E-state index is -0.938.